The van der Waals surface area contributed by atoms with Crippen LogP contribution in [0, 0.1) is 6.92 Å². The van der Waals surface area contributed by atoms with E-state index in [1.165, 1.54) is 16.6 Å². The normalized spacial score (nSPS) is 11.2. The van der Waals surface area contributed by atoms with Gasteiger partial charge in [0.1, 0.15) is 0 Å². The second-order valence-corrected chi connectivity index (χ2v) is 5.70. The Morgan fingerprint density at radius 1 is 1.33 bits per heavy atom. The van der Waals surface area contributed by atoms with Gasteiger partial charge in [0.15, 0.2) is 0 Å². The summed E-state index contributed by atoms with van der Waals surface area (Å²) in [6, 6.07) is 6.39. The fourth-order valence-corrected chi connectivity index (χ4v) is 2.38. The lowest BCUT2D eigenvalue weighted by atomic mass is 10.0. The van der Waals surface area contributed by atoms with E-state index in [2.05, 4.69) is 67.1 Å². The van der Waals surface area contributed by atoms with E-state index in [0.29, 0.717) is 5.92 Å². The van der Waals surface area contributed by atoms with Gasteiger partial charge in [-0.3, -0.25) is 4.98 Å². The van der Waals surface area contributed by atoms with E-state index in [4.69, 9.17) is 4.98 Å². The first-order chi connectivity index (χ1) is 8.54. The molecule has 0 aliphatic rings. The van der Waals surface area contributed by atoms with Gasteiger partial charge in [0.25, 0.3) is 0 Å². The van der Waals surface area contributed by atoms with Crippen molar-refractivity contribution in [1.82, 2.24) is 4.98 Å². The zero-order valence-corrected chi connectivity index (χ0v) is 12.9. The van der Waals surface area contributed by atoms with Crippen LogP contribution in [-0.4, -0.2) is 11.5 Å². The number of rotatable bonds is 3. The van der Waals surface area contributed by atoms with E-state index in [1.807, 2.05) is 0 Å². The van der Waals surface area contributed by atoms with Gasteiger partial charge in [0.2, 0.25) is 0 Å². The van der Waals surface area contributed by atoms with Crippen LogP contribution < -0.4 is 5.32 Å². The second kappa shape index (κ2) is 5.27. The molecule has 0 aliphatic carbocycles. The number of halogens is 1. The van der Waals surface area contributed by atoms with Crippen LogP contribution in [0.1, 0.15) is 37.9 Å². The van der Waals surface area contributed by atoms with Crippen molar-refractivity contribution in [3.05, 3.63) is 33.9 Å². The fraction of sp³-hybridized carbons (Fsp3) is 0.400. The molecule has 2 rings (SSSR count). The lowest BCUT2D eigenvalue weighted by molar-refractivity contribution is 0.829. The molecule has 0 unspecified atom stereocenters. The van der Waals surface area contributed by atoms with Crippen LogP contribution in [0.2, 0.25) is 0 Å². The Kier molecular flexibility index (Phi) is 3.91. The standard InChI is InChI=1S/C15H19BrN2/c1-5-17-14-8-13(9(2)3)18-15-10(4)12(16)7-6-11(14)15/h6-9H,5H2,1-4H3,(H,17,18). The molecule has 0 bridgehead atoms. The number of nitrogens with zero attached hydrogens (tertiary/aromatic N) is 1. The summed E-state index contributed by atoms with van der Waals surface area (Å²) in [5.41, 5.74) is 4.61. The Balaban J connectivity index is 2.77. The number of fused-ring (bicyclic) bond motifs is 1. The van der Waals surface area contributed by atoms with E-state index < -0.39 is 0 Å². The van der Waals surface area contributed by atoms with Crippen LogP contribution in [0.3, 0.4) is 0 Å². The van der Waals surface area contributed by atoms with Gasteiger partial charge in [-0.1, -0.05) is 29.8 Å². The smallest absolute Gasteiger partial charge is 0.0766 e. The number of hydrogen-bond acceptors (Lipinski definition) is 2. The molecule has 3 heteroatoms. The van der Waals surface area contributed by atoms with Gasteiger partial charge in [0, 0.05) is 27.8 Å². The Hall–Kier alpha value is -1.09. The van der Waals surface area contributed by atoms with E-state index >= 15 is 0 Å². The van der Waals surface area contributed by atoms with Crippen molar-refractivity contribution in [2.45, 2.75) is 33.6 Å². The van der Waals surface area contributed by atoms with Gasteiger partial charge in [-0.05, 0) is 43.5 Å². The summed E-state index contributed by atoms with van der Waals surface area (Å²) in [6.45, 7) is 9.51. The van der Waals surface area contributed by atoms with Gasteiger partial charge < -0.3 is 5.32 Å². The van der Waals surface area contributed by atoms with E-state index in [9.17, 15) is 0 Å². The van der Waals surface area contributed by atoms with E-state index in [0.717, 1.165) is 22.2 Å². The molecule has 2 nitrogen and oxygen atoms in total. The van der Waals surface area contributed by atoms with Gasteiger partial charge in [-0.25, -0.2) is 0 Å². The number of aromatic nitrogens is 1. The maximum absolute atomic E-state index is 4.81. The van der Waals surface area contributed by atoms with Gasteiger partial charge >= 0.3 is 0 Å². The minimum atomic E-state index is 0.435. The Morgan fingerprint density at radius 2 is 2.06 bits per heavy atom. The molecule has 1 N–H and O–H groups in total. The Morgan fingerprint density at radius 3 is 2.67 bits per heavy atom. The van der Waals surface area contributed by atoms with Crippen molar-refractivity contribution < 1.29 is 0 Å². The van der Waals surface area contributed by atoms with Crippen molar-refractivity contribution >= 4 is 32.5 Å². The number of aryl methyl sites for hydroxylation is 1. The maximum atomic E-state index is 4.81. The zero-order chi connectivity index (χ0) is 13.3. The highest BCUT2D eigenvalue weighted by Crippen LogP contribution is 2.31. The first-order valence-electron chi connectivity index (χ1n) is 6.38. The van der Waals surface area contributed by atoms with Crippen LogP contribution in [0.4, 0.5) is 5.69 Å². The fourth-order valence-electron chi connectivity index (χ4n) is 2.06. The summed E-state index contributed by atoms with van der Waals surface area (Å²) in [6.07, 6.45) is 0. The highest BCUT2D eigenvalue weighted by molar-refractivity contribution is 9.10. The number of nitrogens with one attached hydrogen (secondary N) is 1. The number of benzene rings is 1. The summed E-state index contributed by atoms with van der Waals surface area (Å²) >= 11 is 3.58. The summed E-state index contributed by atoms with van der Waals surface area (Å²) in [5.74, 6) is 0.435. The van der Waals surface area contributed by atoms with Crippen LogP contribution >= 0.6 is 15.9 Å². The monoisotopic (exact) mass is 306 g/mol. The molecular formula is C15H19BrN2. The van der Waals surface area contributed by atoms with Gasteiger partial charge in [-0.15, -0.1) is 0 Å². The largest absolute Gasteiger partial charge is 0.385 e. The first kappa shape index (κ1) is 13.3. The lowest BCUT2D eigenvalue weighted by Crippen LogP contribution is -2.02. The van der Waals surface area contributed by atoms with Crippen LogP contribution in [0.25, 0.3) is 10.9 Å². The third kappa shape index (κ3) is 2.37. The third-order valence-corrected chi connectivity index (χ3v) is 4.01. The lowest BCUT2D eigenvalue weighted by Gasteiger charge is -2.14. The summed E-state index contributed by atoms with van der Waals surface area (Å²) in [5, 5.41) is 4.63. The molecule has 0 saturated heterocycles. The Labute approximate surface area is 117 Å². The molecule has 0 radical (unpaired) electrons. The quantitative estimate of drug-likeness (QED) is 0.876. The topological polar surface area (TPSA) is 24.9 Å². The molecule has 0 atom stereocenters. The van der Waals surface area contributed by atoms with E-state index in [1.54, 1.807) is 0 Å². The third-order valence-electron chi connectivity index (χ3n) is 3.15. The molecule has 0 saturated carbocycles. The summed E-state index contributed by atoms with van der Waals surface area (Å²) in [4.78, 5) is 4.81. The van der Waals surface area contributed by atoms with Crippen LogP contribution in [0.15, 0.2) is 22.7 Å². The van der Waals surface area contributed by atoms with Crippen molar-refractivity contribution in [3.63, 3.8) is 0 Å². The van der Waals surface area contributed by atoms with Crippen molar-refractivity contribution in [3.8, 4) is 0 Å². The molecular weight excluding hydrogens is 288 g/mol. The highest BCUT2D eigenvalue weighted by Gasteiger charge is 2.11. The van der Waals surface area contributed by atoms with Crippen molar-refractivity contribution in [2.24, 2.45) is 0 Å². The average Bonchev–Trinajstić information content (AvgIpc) is 2.34. The van der Waals surface area contributed by atoms with Gasteiger partial charge in [0.05, 0.1) is 5.52 Å². The SMILES string of the molecule is CCNc1cc(C(C)C)nc2c(C)c(Br)ccc12. The molecule has 0 amide bonds. The number of hydrogen-bond donors (Lipinski definition) is 1. The average molecular weight is 307 g/mol. The number of anilines is 1. The Bertz CT molecular complexity index is 576. The van der Waals surface area contributed by atoms with Gasteiger partial charge in [-0.2, -0.15) is 0 Å². The molecule has 0 aliphatic heterocycles. The van der Waals surface area contributed by atoms with Crippen LogP contribution in [0.5, 0.6) is 0 Å². The summed E-state index contributed by atoms with van der Waals surface area (Å²) in [7, 11) is 0. The molecule has 0 spiro atoms. The molecule has 1 aromatic heterocycles. The molecule has 18 heavy (non-hydrogen) atoms. The minimum absolute atomic E-state index is 0.435. The molecule has 1 aromatic carbocycles. The van der Waals surface area contributed by atoms with Crippen LogP contribution in [-0.2, 0) is 0 Å². The number of pyridine rings is 1. The van der Waals surface area contributed by atoms with Crippen molar-refractivity contribution in [2.75, 3.05) is 11.9 Å². The maximum Gasteiger partial charge on any atom is 0.0766 e. The van der Waals surface area contributed by atoms with E-state index in [-0.39, 0.29) is 0 Å². The summed E-state index contributed by atoms with van der Waals surface area (Å²) < 4.78 is 1.12. The molecule has 96 valence electrons. The second-order valence-electron chi connectivity index (χ2n) is 4.85. The molecule has 2 aromatic rings. The zero-order valence-electron chi connectivity index (χ0n) is 11.3. The predicted octanol–water partition coefficient (Wildman–Crippen LogP) is 4.86. The molecule has 0 fully saturated rings. The first-order valence-corrected chi connectivity index (χ1v) is 7.17. The highest BCUT2D eigenvalue weighted by atomic mass is 79.9. The minimum Gasteiger partial charge on any atom is -0.385 e. The predicted molar refractivity (Wildman–Crippen MR) is 82.4 cm³/mol. The molecule has 1 heterocycles. The van der Waals surface area contributed by atoms with Crippen molar-refractivity contribution in [1.29, 1.82) is 0 Å².